The van der Waals surface area contributed by atoms with Crippen molar-refractivity contribution in [2.45, 2.75) is 39.2 Å². The van der Waals surface area contributed by atoms with E-state index < -0.39 is 12.0 Å². The summed E-state index contributed by atoms with van der Waals surface area (Å²) in [5.41, 5.74) is 5.70. The molecular weight excluding hydrogens is 274 g/mol. The molecule has 0 saturated carbocycles. The van der Waals surface area contributed by atoms with Crippen molar-refractivity contribution in [2.75, 3.05) is 19.6 Å². The lowest BCUT2D eigenvalue weighted by molar-refractivity contribution is -0.137. The van der Waals surface area contributed by atoms with E-state index in [9.17, 15) is 14.4 Å². The van der Waals surface area contributed by atoms with E-state index in [1.54, 1.807) is 4.90 Å². The third kappa shape index (κ3) is 5.71. The minimum absolute atomic E-state index is 0.0206. The monoisotopic (exact) mass is 299 g/mol. The summed E-state index contributed by atoms with van der Waals surface area (Å²) in [6, 6.07) is -0.611. The molecule has 1 rings (SSSR count). The van der Waals surface area contributed by atoms with Crippen LogP contribution in [-0.4, -0.2) is 53.5 Å². The Morgan fingerprint density at radius 3 is 2.62 bits per heavy atom. The number of carboxylic acid groups (broad SMARTS) is 1. The molecule has 0 aromatic carbocycles. The Kier molecular flexibility index (Phi) is 6.61. The molecule has 2 amide bonds. The van der Waals surface area contributed by atoms with E-state index in [2.05, 4.69) is 5.32 Å². The number of aliphatic carboxylic acids is 1. The van der Waals surface area contributed by atoms with Crippen LogP contribution in [0.3, 0.4) is 0 Å². The molecule has 21 heavy (non-hydrogen) atoms. The quantitative estimate of drug-likeness (QED) is 0.602. The van der Waals surface area contributed by atoms with Gasteiger partial charge < -0.3 is 21.1 Å². The molecular formula is C14H25N3O4. The van der Waals surface area contributed by atoms with Gasteiger partial charge in [0.25, 0.3) is 0 Å². The zero-order valence-corrected chi connectivity index (χ0v) is 12.7. The second-order valence-corrected chi connectivity index (χ2v) is 5.91. The van der Waals surface area contributed by atoms with Gasteiger partial charge in [-0.15, -0.1) is 0 Å². The normalized spacial score (nSPS) is 19.6. The fourth-order valence-corrected chi connectivity index (χ4v) is 2.32. The minimum atomic E-state index is -0.810. The smallest absolute Gasteiger partial charge is 0.303 e. The van der Waals surface area contributed by atoms with Crippen molar-refractivity contribution in [3.05, 3.63) is 0 Å². The van der Waals surface area contributed by atoms with Gasteiger partial charge in [-0.05, 0) is 24.7 Å². The lowest BCUT2D eigenvalue weighted by Crippen LogP contribution is -2.47. The molecule has 120 valence electrons. The summed E-state index contributed by atoms with van der Waals surface area (Å²) in [6.07, 6.45) is 1.54. The molecule has 0 aromatic heterocycles. The second kappa shape index (κ2) is 7.97. The predicted octanol–water partition coefficient (Wildman–Crippen LogP) is -0.201. The van der Waals surface area contributed by atoms with Gasteiger partial charge in [0.15, 0.2) is 0 Å². The topological polar surface area (TPSA) is 113 Å². The van der Waals surface area contributed by atoms with Gasteiger partial charge in [0, 0.05) is 19.5 Å². The number of amides is 2. The standard InChI is InChI=1S/C14H25N3O4/c1-9(2)13(15)14(21)16-7-11(18)17-6-5-10(8-17)3-4-12(19)20/h9-10,13H,3-8,15H2,1-2H3,(H,16,21)(H,19,20)/t10?,13-/m0/s1. The maximum absolute atomic E-state index is 12.0. The molecule has 1 unspecified atom stereocenters. The summed E-state index contributed by atoms with van der Waals surface area (Å²) in [7, 11) is 0. The van der Waals surface area contributed by atoms with Crippen LogP contribution >= 0.6 is 0 Å². The summed E-state index contributed by atoms with van der Waals surface area (Å²) >= 11 is 0. The second-order valence-electron chi connectivity index (χ2n) is 5.91. The molecule has 0 spiro atoms. The molecule has 0 aromatic rings. The largest absolute Gasteiger partial charge is 0.481 e. The molecule has 1 fully saturated rings. The number of nitrogens with one attached hydrogen (secondary N) is 1. The molecule has 2 atom stereocenters. The maximum atomic E-state index is 12.0. The molecule has 0 radical (unpaired) electrons. The molecule has 1 aliphatic heterocycles. The molecule has 1 aliphatic rings. The van der Waals surface area contributed by atoms with E-state index in [0.717, 1.165) is 6.42 Å². The molecule has 1 heterocycles. The summed E-state index contributed by atoms with van der Waals surface area (Å²) < 4.78 is 0. The molecule has 4 N–H and O–H groups in total. The highest BCUT2D eigenvalue weighted by Gasteiger charge is 2.27. The fraction of sp³-hybridized carbons (Fsp3) is 0.786. The number of likely N-dealkylation sites (tertiary alicyclic amines) is 1. The summed E-state index contributed by atoms with van der Waals surface area (Å²) in [5, 5.41) is 11.2. The number of hydrogen-bond donors (Lipinski definition) is 3. The van der Waals surface area contributed by atoms with E-state index in [1.165, 1.54) is 0 Å². The van der Waals surface area contributed by atoms with Crippen molar-refractivity contribution in [1.82, 2.24) is 10.2 Å². The maximum Gasteiger partial charge on any atom is 0.303 e. The van der Waals surface area contributed by atoms with Crippen LogP contribution in [0.15, 0.2) is 0 Å². The molecule has 7 heteroatoms. The average molecular weight is 299 g/mol. The van der Waals surface area contributed by atoms with Crippen LogP contribution in [0.25, 0.3) is 0 Å². The Hall–Kier alpha value is -1.63. The Morgan fingerprint density at radius 2 is 2.05 bits per heavy atom. The lowest BCUT2D eigenvalue weighted by atomic mass is 10.0. The number of nitrogens with two attached hydrogens (primary N) is 1. The Balaban J connectivity index is 2.30. The number of hydrogen-bond acceptors (Lipinski definition) is 4. The van der Waals surface area contributed by atoms with E-state index in [1.807, 2.05) is 13.8 Å². The minimum Gasteiger partial charge on any atom is -0.481 e. The molecule has 0 bridgehead atoms. The third-order valence-corrected chi connectivity index (χ3v) is 3.84. The van der Waals surface area contributed by atoms with Crippen molar-refractivity contribution in [3.8, 4) is 0 Å². The first-order chi connectivity index (χ1) is 9.81. The van der Waals surface area contributed by atoms with Crippen molar-refractivity contribution in [1.29, 1.82) is 0 Å². The highest BCUT2D eigenvalue weighted by molar-refractivity contribution is 5.87. The van der Waals surface area contributed by atoms with Crippen LogP contribution in [0.2, 0.25) is 0 Å². The highest BCUT2D eigenvalue weighted by atomic mass is 16.4. The summed E-state index contributed by atoms with van der Waals surface area (Å²) in [5.74, 6) is -1.02. The van der Waals surface area contributed by atoms with Gasteiger partial charge in [0.2, 0.25) is 11.8 Å². The van der Waals surface area contributed by atoms with Crippen LogP contribution < -0.4 is 11.1 Å². The number of carbonyl (C=O) groups is 3. The zero-order chi connectivity index (χ0) is 16.0. The predicted molar refractivity (Wildman–Crippen MR) is 77.4 cm³/mol. The van der Waals surface area contributed by atoms with Crippen LogP contribution in [0.4, 0.5) is 0 Å². The summed E-state index contributed by atoms with van der Waals surface area (Å²) in [6.45, 7) is 4.83. The van der Waals surface area contributed by atoms with Crippen molar-refractivity contribution >= 4 is 17.8 Å². The Morgan fingerprint density at radius 1 is 1.38 bits per heavy atom. The number of nitrogens with zero attached hydrogens (tertiary/aromatic N) is 1. The van der Waals surface area contributed by atoms with Gasteiger partial charge in [-0.1, -0.05) is 13.8 Å². The molecule has 7 nitrogen and oxygen atoms in total. The molecule has 0 aliphatic carbocycles. The van der Waals surface area contributed by atoms with Gasteiger partial charge in [0.05, 0.1) is 12.6 Å². The van der Waals surface area contributed by atoms with E-state index in [4.69, 9.17) is 10.8 Å². The molecule has 1 saturated heterocycles. The number of rotatable bonds is 7. The zero-order valence-electron chi connectivity index (χ0n) is 12.7. The van der Waals surface area contributed by atoms with Crippen LogP contribution in [0.1, 0.15) is 33.1 Å². The van der Waals surface area contributed by atoms with Gasteiger partial charge in [-0.2, -0.15) is 0 Å². The van der Waals surface area contributed by atoms with Gasteiger partial charge >= 0.3 is 5.97 Å². The van der Waals surface area contributed by atoms with E-state index in [-0.39, 0.29) is 36.6 Å². The van der Waals surface area contributed by atoms with Crippen LogP contribution in [0, 0.1) is 11.8 Å². The fourth-order valence-electron chi connectivity index (χ4n) is 2.32. The van der Waals surface area contributed by atoms with E-state index >= 15 is 0 Å². The van der Waals surface area contributed by atoms with Crippen molar-refractivity contribution in [2.24, 2.45) is 17.6 Å². The van der Waals surface area contributed by atoms with Crippen molar-refractivity contribution < 1.29 is 19.5 Å². The van der Waals surface area contributed by atoms with Gasteiger partial charge in [-0.3, -0.25) is 14.4 Å². The first kappa shape index (κ1) is 17.4. The Bertz CT molecular complexity index is 398. The SMILES string of the molecule is CC(C)[C@H](N)C(=O)NCC(=O)N1CCC(CCC(=O)O)C1. The number of carboxylic acids is 1. The highest BCUT2D eigenvalue weighted by Crippen LogP contribution is 2.20. The average Bonchev–Trinajstić information content (AvgIpc) is 2.90. The van der Waals surface area contributed by atoms with Gasteiger partial charge in [0.1, 0.15) is 0 Å². The Labute approximate surface area is 124 Å². The first-order valence-electron chi connectivity index (χ1n) is 7.34. The lowest BCUT2D eigenvalue weighted by Gasteiger charge is -2.19. The number of carbonyl (C=O) groups excluding carboxylic acids is 2. The van der Waals surface area contributed by atoms with E-state index in [0.29, 0.717) is 19.5 Å². The van der Waals surface area contributed by atoms with Gasteiger partial charge in [-0.25, -0.2) is 0 Å². The first-order valence-corrected chi connectivity index (χ1v) is 7.34. The summed E-state index contributed by atoms with van der Waals surface area (Å²) in [4.78, 5) is 35.9. The van der Waals surface area contributed by atoms with Crippen LogP contribution in [0.5, 0.6) is 0 Å². The van der Waals surface area contributed by atoms with Crippen LogP contribution in [-0.2, 0) is 14.4 Å². The van der Waals surface area contributed by atoms with Crippen molar-refractivity contribution in [3.63, 3.8) is 0 Å². The third-order valence-electron chi connectivity index (χ3n) is 3.84.